The number of benzene rings is 1. The summed E-state index contributed by atoms with van der Waals surface area (Å²) in [4.78, 5) is 11.0. The quantitative estimate of drug-likeness (QED) is 0.617. The first-order valence-corrected chi connectivity index (χ1v) is 5.54. The molecule has 0 fully saturated rings. The maximum Gasteiger partial charge on any atom is 0.336 e. The summed E-state index contributed by atoms with van der Waals surface area (Å²) >= 11 is 0. The lowest BCUT2D eigenvalue weighted by atomic mass is 9.99. The number of carboxylic acids is 1. The minimum Gasteiger partial charge on any atom is -0.478 e. The van der Waals surface area contributed by atoms with Gasteiger partial charge in [0.05, 0.1) is 5.56 Å². The van der Waals surface area contributed by atoms with Gasteiger partial charge in [0, 0.05) is 18.5 Å². The molecule has 0 radical (unpaired) electrons. The molecule has 0 aliphatic rings. The van der Waals surface area contributed by atoms with Crippen LogP contribution in [0.2, 0.25) is 0 Å². The summed E-state index contributed by atoms with van der Waals surface area (Å²) in [6.45, 7) is 4.46. The van der Waals surface area contributed by atoms with Gasteiger partial charge < -0.3 is 10.4 Å². The van der Waals surface area contributed by atoms with E-state index < -0.39 is 5.97 Å². The van der Waals surface area contributed by atoms with Gasteiger partial charge in [0.1, 0.15) is 0 Å². The molecule has 0 unspecified atom stereocenters. The highest BCUT2D eigenvalue weighted by molar-refractivity contribution is 5.91. The van der Waals surface area contributed by atoms with E-state index in [2.05, 4.69) is 17.2 Å². The van der Waals surface area contributed by atoms with E-state index in [9.17, 15) is 4.79 Å². The second-order valence-electron chi connectivity index (χ2n) is 3.95. The third kappa shape index (κ3) is 3.61. The molecule has 0 saturated heterocycles. The standard InChI is InChI=1S/C14H17NO2/c1-10-8-12(6-4-5-7-15-3)9-11(2)13(10)14(16)17/h8-9,15H,5,7H2,1-3H3,(H,16,17). The van der Waals surface area contributed by atoms with Crippen molar-refractivity contribution in [3.05, 3.63) is 34.4 Å². The Balaban J connectivity index is 2.97. The van der Waals surface area contributed by atoms with Crippen molar-refractivity contribution in [2.24, 2.45) is 0 Å². The predicted octanol–water partition coefficient (Wildman–Crippen LogP) is 1.96. The zero-order chi connectivity index (χ0) is 12.8. The number of hydrogen-bond acceptors (Lipinski definition) is 2. The summed E-state index contributed by atoms with van der Waals surface area (Å²) in [6, 6.07) is 3.64. The fraction of sp³-hybridized carbons (Fsp3) is 0.357. The third-order valence-corrected chi connectivity index (χ3v) is 2.48. The van der Waals surface area contributed by atoms with Gasteiger partial charge in [-0.3, -0.25) is 0 Å². The van der Waals surface area contributed by atoms with Gasteiger partial charge in [0.15, 0.2) is 0 Å². The summed E-state index contributed by atoms with van der Waals surface area (Å²) in [7, 11) is 1.89. The molecule has 3 heteroatoms. The van der Waals surface area contributed by atoms with Gasteiger partial charge in [0.25, 0.3) is 0 Å². The summed E-state index contributed by atoms with van der Waals surface area (Å²) < 4.78 is 0. The van der Waals surface area contributed by atoms with Crippen molar-refractivity contribution in [1.29, 1.82) is 0 Å². The smallest absolute Gasteiger partial charge is 0.336 e. The average molecular weight is 231 g/mol. The largest absolute Gasteiger partial charge is 0.478 e. The van der Waals surface area contributed by atoms with Crippen molar-refractivity contribution >= 4 is 5.97 Å². The van der Waals surface area contributed by atoms with Crippen LogP contribution in [-0.4, -0.2) is 24.7 Å². The van der Waals surface area contributed by atoms with Crippen molar-refractivity contribution in [3.63, 3.8) is 0 Å². The van der Waals surface area contributed by atoms with Crippen LogP contribution in [0.15, 0.2) is 12.1 Å². The van der Waals surface area contributed by atoms with Gasteiger partial charge in [-0.25, -0.2) is 4.79 Å². The van der Waals surface area contributed by atoms with Crippen molar-refractivity contribution < 1.29 is 9.90 Å². The molecule has 1 aromatic rings. The Bertz CT molecular complexity index is 458. The monoisotopic (exact) mass is 231 g/mol. The second kappa shape index (κ2) is 6.07. The Morgan fingerprint density at radius 1 is 1.35 bits per heavy atom. The van der Waals surface area contributed by atoms with Gasteiger partial charge in [-0.2, -0.15) is 0 Å². The molecule has 0 aromatic heterocycles. The number of nitrogens with one attached hydrogen (secondary N) is 1. The maximum absolute atomic E-state index is 11.0. The Labute approximate surface area is 102 Å². The molecule has 2 N–H and O–H groups in total. The molecular weight excluding hydrogens is 214 g/mol. The van der Waals surface area contributed by atoms with Crippen LogP contribution in [0.1, 0.15) is 33.5 Å². The van der Waals surface area contributed by atoms with E-state index in [4.69, 9.17) is 5.11 Å². The van der Waals surface area contributed by atoms with E-state index in [0.29, 0.717) is 5.56 Å². The van der Waals surface area contributed by atoms with Gasteiger partial charge in [-0.05, 0) is 44.2 Å². The van der Waals surface area contributed by atoms with Crippen LogP contribution in [0.4, 0.5) is 0 Å². The number of rotatable bonds is 3. The molecular formula is C14H17NO2. The van der Waals surface area contributed by atoms with Gasteiger partial charge in [-0.1, -0.05) is 11.8 Å². The zero-order valence-electron chi connectivity index (χ0n) is 10.4. The van der Waals surface area contributed by atoms with Crippen molar-refractivity contribution in [2.45, 2.75) is 20.3 Å². The number of carboxylic acid groups (broad SMARTS) is 1. The van der Waals surface area contributed by atoms with Crippen molar-refractivity contribution in [3.8, 4) is 11.8 Å². The van der Waals surface area contributed by atoms with Crippen LogP contribution < -0.4 is 5.32 Å². The highest BCUT2D eigenvalue weighted by atomic mass is 16.4. The summed E-state index contributed by atoms with van der Waals surface area (Å²) in [5, 5.41) is 12.1. The molecule has 0 saturated carbocycles. The van der Waals surface area contributed by atoms with Crippen LogP contribution in [0.3, 0.4) is 0 Å². The Morgan fingerprint density at radius 3 is 2.41 bits per heavy atom. The van der Waals surface area contributed by atoms with Crippen molar-refractivity contribution in [2.75, 3.05) is 13.6 Å². The molecule has 1 aromatic carbocycles. The number of aryl methyl sites for hydroxylation is 2. The number of hydrogen-bond donors (Lipinski definition) is 2. The molecule has 1 rings (SSSR count). The minimum absolute atomic E-state index is 0.380. The summed E-state index contributed by atoms with van der Waals surface area (Å²) in [5.41, 5.74) is 2.78. The minimum atomic E-state index is -0.880. The topological polar surface area (TPSA) is 49.3 Å². The summed E-state index contributed by atoms with van der Waals surface area (Å²) in [6.07, 6.45) is 0.787. The molecule has 0 heterocycles. The molecule has 0 amide bonds. The number of carbonyl (C=O) groups is 1. The van der Waals surface area contributed by atoms with E-state index in [1.165, 1.54) is 0 Å². The second-order valence-corrected chi connectivity index (χ2v) is 3.95. The highest BCUT2D eigenvalue weighted by Gasteiger charge is 2.10. The van der Waals surface area contributed by atoms with Crippen molar-refractivity contribution in [1.82, 2.24) is 5.32 Å². The zero-order valence-corrected chi connectivity index (χ0v) is 10.4. The maximum atomic E-state index is 11.0. The molecule has 0 spiro atoms. The van der Waals surface area contributed by atoms with Crippen LogP contribution in [0.25, 0.3) is 0 Å². The van der Waals surface area contributed by atoms with E-state index in [-0.39, 0.29) is 0 Å². The predicted molar refractivity (Wildman–Crippen MR) is 68.3 cm³/mol. The van der Waals surface area contributed by atoms with Crippen LogP contribution in [0.5, 0.6) is 0 Å². The summed E-state index contributed by atoms with van der Waals surface area (Å²) in [5.74, 6) is 5.21. The Kier molecular flexibility index (Phi) is 4.74. The van der Waals surface area contributed by atoms with Gasteiger partial charge >= 0.3 is 5.97 Å². The molecule has 0 atom stereocenters. The Hall–Kier alpha value is -1.79. The SMILES string of the molecule is CNCCC#Cc1cc(C)c(C(=O)O)c(C)c1. The van der Waals surface area contributed by atoms with Crippen LogP contribution in [-0.2, 0) is 0 Å². The first-order valence-electron chi connectivity index (χ1n) is 5.54. The fourth-order valence-electron chi connectivity index (χ4n) is 1.73. The van der Waals surface area contributed by atoms with E-state index in [0.717, 1.165) is 29.7 Å². The normalized spacial score (nSPS) is 9.59. The van der Waals surface area contributed by atoms with Gasteiger partial charge in [-0.15, -0.1) is 0 Å². The molecule has 0 aliphatic heterocycles. The molecule has 3 nitrogen and oxygen atoms in total. The number of aromatic carboxylic acids is 1. The average Bonchev–Trinajstić information content (AvgIpc) is 2.23. The van der Waals surface area contributed by atoms with Crippen LogP contribution >= 0.6 is 0 Å². The molecule has 0 bridgehead atoms. The lowest BCUT2D eigenvalue weighted by Crippen LogP contribution is -2.06. The van der Waals surface area contributed by atoms with E-state index in [1.54, 1.807) is 13.8 Å². The van der Waals surface area contributed by atoms with E-state index >= 15 is 0 Å². The first-order chi connectivity index (χ1) is 8.06. The lowest BCUT2D eigenvalue weighted by molar-refractivity contribution is 0.0695. The molecule has 17 heavy (non-hydrogen) atoms. The first kappa shape index (κ1) is 13.3. The fourth-order valence-corrected chi connectivity index (χ4v) is 1.73. The third-order valence-electron chi connectivity index (χ3n) is 2.48. The molecule has 0 aliphatic carbocycles. The molecule has 90 valence electrons. The highest BCUT2D eigenvalue weighted by Crippen LogP contribution is 2.16. The van der Waals surface area contributed by atoms with Gasteiger partial charge in [0.2, 0.25) is 0 Å². The van der Waals surface area contributed by atoms with E-state index in [1.807, 2.05) is 19.2 Å². The Morgan fingerprint density at radius 2 is 1.94 bits per heavy atom. The van der Waals surface area contributed by atoms with Crippen LogP contribution in [0, 0.1) is 25.7 Å². The lowest BCUT2D eigenvalue weighted by Gasteiger charge is -2.05.